The average molecular weight is 326 g/mol. The highest BCUT2D eigenvalue weighted by molar-refractivity contribution is 9.10. The lowest BCUT2D eigenvalue weighted by atomic mass is 9.85. The Labute approximate surface area is 125 Å². The molecule has 0 bridgehead atoms. The first-order chi connectivity index (χ1) is 9.17. The highest BCUT2D eigenvalue weighted by Crippen LogP contribution is 2.42. The van der Waals surface area contributed by atoms with E-state index in [1.165, 1.54) is 24.8 Å². The molecule has 0 heterocycles. The number of benzene rings is 1. The first kappa shape index (κ1) is 14.9. The molecule has 1 N–H and O–H groups in total. The van der Waals surface area contributed by atoms with E-state index >= 15 is 0 Å². The Bertz CT molecular complexity index is 421. The molecule has 1 aliphatic carbocycles. The fourth-order valence-electron chi connectivity index (χ4n) is 3.32. The van der Waals surface area contributed by atoms with Crippen molar-refractivity contribution >= 4 is 15.9 Å². The van der Waals surface area contributed by atoms with Crippen LogP contribution in [0.15, 0.2) is 22.7 Å². The molecule has 1 aromatic rings. The third-order valence-electron chi connectivity index (χ3n) is 4.27. The number of hydrogen-bond donors (Lipinski definition) is 1. The van der Waals surface area contributed by atoms with Gasteiger partial charge < -0.3 is 10.1 Å². The van der Waals surface area contributed by atoms with Gasteiger partial charge in [0.05, 0.1) is 6.61 Å². The summed E-state index contributed by atoms with van der Waals surface area (Å²) in [6.45, 7) is 5.13. The zero-order chi connectivity index (χ0) is 13.8. The molecule has 1 aliphatic rings. The van der Waals surface area contributed by atoms with Crippen LogP contribution in [0.5, 0.6) is 5.75 Å². The molecule has 0 saturated heterocycles. The van der Waals surface area contributed by atoms with Crippen LogP contribution in [0.1, 0.15) is 44.7 Å². The standard InChI is InChI=1S/C16H24BrNO/c1-4-19-15-9-8-12(17)10-14(15)16(18-3)13-7-5-6-11(13)2/h8-11,13,16,18H,4-7H2,1-3H3. The van der Waals surface area contributed by atoms with E-state index in [9.17, 15) is 0 Å². The van der Waals surface area contributed by atoms with Crippen LogP contribution in [-0.4, -0.2) is 13.7 Å². The number of rotatable bonds is 5. The molecule has 3 heteroatoms. The van der Waals surface area contributed by atoms with Crippen molar-refractivity contribution in [3.05, 3.63) is 28.2 Å². The molecule has 106 valence electrons. The molecule has 1 aromatic carbocycles. The minimum atomic E-state index is 0.386. The Morgan fingerprint density at radius 1 is 1.42 bits per heavy atom. The Kier molecular flexibility index (Phi) is 5.28. The molecule has 19 heavy (non-hydrogen) atoms. The largest absolute Gasteiger partial charge is 0.494 e. The molecule has 0 aliphatic heterocycles. The van der Waals surface area contributed by atoms with Crippen molar-refractivity contribution in [2.24, 2.45) is 11.8 Å². The van der Waals surface area contributed by atoms with Gasteiger partial charge in [-0.3, -0.25) is 0 Å². The molecule has 3 atom stereocenters. The summed E-state index contributed by atoms with van der Waals surface area (Å²) in [6, 6.07) is 6.72. The summed E-state index contributed by atoms with van der Waals surface area (Å²) in [5.74, 6) is 2.51. The molecular weight excluding hydrogens is 302 g/mol. The number of hydrogen-bond acceptors (Lipinski definition) is 2. The molecule has 0 aromatic heterocycles. The molecule has 2 rings (SSSR count). The van der Waals surface area contributed by atoms with Gasteiger partial charge in [0.2, 0.25) is 0 Å². The number of nitrogens with one attached hydrogen (secondary N) is 1. The van der Waals surface area contributed by atoms with Crippen LogP contribution in [-0.2, 0) is 0 Å². The van der Waals surface area contributed by atoms with Crippen LogP contribution in [0.4, 0.5) is 0 Å². The smallest absolute Gasteiger partial charge is 0.124 e. The van der Waals surface area contributed by atoms with E-state index in [1.54, 1.807) is 0 Å². The van der Waals surface area contributed by atoms with E-state index in [1.807, 2.05) is 6.92 Å². The predicted molar refractivity (Wildman–Crippen MR) is 83.6 cm³/mol. The second-order valence-corrected chi connectivity index (χ2v) is 6.37. The van der Waals surface area contributed by atoms with Gasteiger partial charge in [0.15, 0.2) is 0 Å². The van der Waals surface area contributed by atoms with Gasteiger partial charge in [-0.1, -0.05) is 35.7 Å². The lowest BCUT2D eigenvalue weighted by Crippen LogP contribution is -2.27. The van der Waals surface area contributed by atoms with Crippen molar-refractivity contribution in [1.82, 2.24) is 5.32 Å². The van der Waals surface area contributed by atoms with Gasteiger partial charge in [-0.05, 0) is 50.4 Å². The lowest BCUT2D eigenvalue weighted by molar-refractivity contribution is 0.292. The topological polar surface area (TPSA) is 21.3 Å². The van der Waals surface area contributed by atoms with Crippen molar-refractivity contribution in [3.63, 3.8) is 0 Å². The SMILES string of the molecule is CCOc1ccc(Br)cc1C(NC)C1CCCC1C. The van der Waals surface area contributed by atoms with Crippen molar-refractivity contribution in [2.45, 2.75) is 39.2 Å². The second-order valence-electron chi connectivity index (χ2n) is 5.45. The van der Waals surface area contributed by atoms with E-state index in [-0.39, 0.29) is 0 Å². The summed E-state index contributed by atoms with van der Waals surface area (Å²) < 4.78 is 6.93. The zero-order valence-corrected chi connectivity index (χ0v) is 13.7. The van der Waals surface area contributed by atoms with Crippen LogP contribution in [0, 0.1) is 11.8 Å². The summed E-state index contributed by atoms with van der Waals surface area (Å²) in [4.78, 5) is 0. The maximum absolute atomic E-state index is 5.81. The lowest BCUT2D eigenvalue weighted by Gasteiger charge is -2.28. The van der Waals surface area contributed by atoms with Crippen LogP contribution in [0.25, 0.3) is 0 Å². The third kappa shape index (κ3) is 3.32. The predicted octanol–water partition coefficient (Wildman–Crippen LogP) is 4.54. The molecule has 1 fully saturated rings. The second kappa shape index (κ2) is 6.76. The van der Waals surface area contributed by atoms with Crippen LogP contribution in [0.3, 0.4) is 0 Å². The van der Waals surface area contributed by atoms with Gasteiger partial charge in [0.25, 0.3) is 0 Å². The Morgan fingerprint density at radius 3 is 2.79 bits per heavy atom. The van der Waals surface area contributed by atoms with E-state index in [2.05, 4.69) is 53.4 Å². The molecule has 3 unspecified atom stereocenters. The molecule has 0 spiro atoms. The average Bonchev–Trinajstić information content (AvgIpc) is 2.80. The van der Waals surface area contributed by atoms with E-state index < -0.39 is 0 Å². The monoisotopic (exact) mass is 325 g/mol. The van der Waals surface area contributed by atoms with Crippen LogP contribution >= 0.6 is 15.9 Å². The fourth-order valence-corrected chi connectivity index (χ4v) is 3.70. The van der Waals surface area contributed by atoms with Crippen molar-refractivity contribution in [1.29, 1.82) is 0 Å². The minimum absolute atomic E-state index is 0.386. The quantitative estimate of drug-likeness (QED) is 0.857. The van der Waals surface area contributed by atoms with Crippen molar-refractivity contribution in [2.75, 3.05) is 13.7 Å². The summed E-state index contributed by atoms with van der Waals surface area (Å²) in [7, 11) is 2.06. The molecule has 1 saturated carbocycles. The Morgan fingerprint density at radius 2 is 2.21 bits per heavy atom. The summed E-state index contributed by atoms with van der Waals surface area (Å²) >= 11 is 3.59. The summed E-state index contributed by atoms with van der Waals surface area (Å²) in [5, 5.41) is 3.52. The molecule has 0 amide bonds. The fraction of sp³-hybridized carbons (Fsp3) is 0.625. The van der Waals surface area contributed by atoms with Gasteiger partial charge in [0, 0.05) is 16.1 Å². The van der Waals surface area contributed by atoms with Gasteiger partial charge in [-0.2, -0.15) is 0 Å². The van der Waals surface area contributed by atoms with Gasteiger partial charge in [0.1, 0.15) is 5.75 Å². The first-order valence-corrected chi connectivity index (χ1v) is 8.06. The maximum Gasteiger partial charge on any atom is 0.124 e. The van der Waals surface area contributed by atoms with Crippen molar-refractivity contribution in [3.8, 4) is 5.75 Å². The van der Waals surface area contributed by atoms with Gasteiger partial charge in [-0.25, -0.2) is 0 Å². The van der Waals surface area contributed by atoms with Crippen LogP contribution < -0.4 is 10.1 Å². The highest BCUT2D eigenvalue weighted by atomic mass is 79.9. The zero-order valence-electron chi connectivity index (χ0n) is 12.1. The van der Waals surface area contributed by atoms with Crippen molar-refractivity contribution < 1.29 is 4.74 Å². The van der Waals surface area contributed by atoms with Crippen LogP contribution in [0.2, 0.25) is 0 Å². The first-order valence-electron chi connectivity index (χ1n) is 7.26. The third-order valence-corrected chi connectivity index (χ3v) is 4.77. The molecular formula is C16H24BrNO. The van der Waals surface area contributed by atoms with Gasteiger partial charge in [-0.15, -0.1) is 0 Å². The molecule has 2 nitrogen and oxygen atoms in total. The maximum atomic E-state index is 5.81. The van der Waals surface area contributed by atoms with E-state index in [0.717, 1.165) is 16.1 Å². The van der Waals surface area contributed by atoms with E-state index in [0.29, 0.717) is 18.6 Å². The van der Waals surface area contributed by atoms with Gasteiger partial charge >= 0.3 is 0 Å². The number of ether oxygens (including phenoxy) is 1. The van der Waals surface area contributed by atoms with E-state index in [4.69, 9.17) is 4.74 Å². The summed E-state index contributed by atoms with van der Waals surface area (Å²) in [5.41, 5.74) is 1.29. The normalized spacial score (nSPS) is 24.4. The molecule has 0 radical (unpaired) electrons. The Hall–Kier alpha value is -0.540. The number of halogens is 1. The summed E-state index contributed by atoms with van der Waals surface area (Å²) in [6.07, 6.45) is 4.01. The minimum Gasteiger partial charge on any atom is -0.494 e. The highest BCUT2D eigenvalue weighted by Gasteiger charge is 2.32. The Balaban J connectivity index is 2.33.